The van der Waals surface area contributed by atoms with E-state index < -0.39 is 5.97 Å². The van der Waals surface area contributed by atoms with Crippen molar-refractivity contribution in [1.29, 1.82) is 0 Å². The first-order valence-corrected chi connectivity index (χ1v) is 2.47. The number of aliphatic carboxylic acids is 1. The molecule has 0 aromatic heterocycles. The molecule has 0 bridgehead atoms. The third-order valence-corrected chi connectivity index (χ3v) is 0.765. The molecule has 0 fully saturated rings. The van der Waals surface area contributed by atoms with Crippen LogP contribution in [0.5, 0.6) is 0 Å². The predicted molar refractivity (Wildman–Crippen MR) is 25.4 cm³/mol. The van der Waals surface area contributed by atoms with E-state index in [2.05, 4.69) is 0 Å². The predicted octanol–water partition coefficient (Wildman–Crippen LogP) is -1.25. The van der Waals surface area contributed by atoms with Crippen molar-refractivity contribution in [2.24, 2.45) is 0 Å². The molecule has 0 heterocycles. The van der Waals surface area contributed by atoms with Crippen molar-refractivity contribution in [3.8, 4) is 0 Å². The van der Waals surface area contributed by atoms with Crippen molar-refractivity contribution < 1.29 is 9.90 Å². The van der Waals surface area contributed by atoms with Crippen molar-refractivity contribution >= 4 is 16.2 Å². The van der Waals surface area contributed by atoms with Crippen LogP contribution in [0, 0.1) is 6.58 Å². The largest absolute Gasteiger partial charge is 0.478 e. The topological polar surface area (TPSA) is 37.3 Å². The molecule has 3 heteroatoms. The molecule has 0 spiro atoms. The van der Waals surface area contributed by atoms with Crippen LogP contribution in [0.15, 0.2) is 5.20 Å². The molecule has 0 saturated heterocycles. The second kappa shape index (κ2) is 1.77. The molecule has 0 aliphatic rings. The van der Waals surface area contributed by atoms with Crippen molar-refractivity contribution in [2.75, 3.05) is 0 Å². The highest BCUT2D eigenvalue weighted by molar-refractivity contribution is 6.34. The van der Waals surface area contributed by atoms with Crippen LogP contribution in [-0.4, -0.2) is 21.3 Å². The van der Waals surface area contributed by atoms with Gasteiger partial charge in [0.05, 0.1) is 0 Å². The molecule has 6 heavy (non-hydrogen) atoms. The maximum absolute atomic E-state index is 9.57. The lowest BCUT2D eigenvalue weighted by Gasteiger charge is -1.79. The van der Waals surface area contributed by atoms with E-state index in [1.807, 2.05) is 0 Å². The van der Waals surface area contributed by atoms with Gasteiger partial charge < -0.3 is 5.11 Å². The number of carboxylic acids is 1. The minimum absolute atomic E-state index is 0.0648. The van der Waals surface area contributed by atoms with Crippen LogP contribution in [0.1, 0.15) is 0 Å². The normalized spacial score (nSPS) is 8.00. The number of hydrogen-bond donors (Lipinski definition) is 1. The van der Waals surface area contributed by atoms with Gasteiger partial charge >= 0.3 is 5.97 Å². The van der Waals surface area contributed by atoms with Crippen molar-refractivity contribution in [3.05, 3.63) is 11.8 Å². The molecule has 2 nitrogen and oxygen atoms in total. The SMILES string of the molecule is [CH]=C([SiH3])C(=O)O. The van der Waals surface area contributed by atoms with Crippen LogP contribution >= 0.6 is 0 Å². The molecule has 1 N–H and O–H groups in total. The lowest BCUT2D eigenvalue weighted by molar-refractivity contribution is -0.131. The van der Waals surface area contributed by atoms with E-state index in [4.69, 9.17) is 11.7 Å². The highest BCUT2D eigenvalue weighted by Crippen LogP contribution is 1.73. The van der Waals surface area contributed by atoms with Crippen molar-refractivity contribution in [2.45, 2.75) is 0 Å². The molecule has 0 aromatic rings. The number of carboxylic acid groups (broad SMARTS) is 1. The molecule has 0 amide bonds. The fraction of sp³-hybridized carbons (Fsp3) is 0. The van der Waals surface area contributed by atoms with E-state index >= 15 is 0 Å². The summed E-state index contributed by atoms with van der Waals surface area (Å²) in [4.78, 5) is 9.57. The third-order valence-electron chi connectivity index (χ3n) is 0.337. The van der Waals surface area contributed by atoms with Gasteiger partial charge in [-0.1, -0.05) is 6.58 Å². The molecule has 33 valence electrons. The van der Waals surface area contributed by atoms with Gasteiger partial charge in [0.1, 0.15) is 0 Å². The Morgan fingerprint density at radius 3 is 2.00 bits per heavy atom. The molecule has 0 aliphatic heterocycles. The van der Waals surface area contributed by atoms with Crippen LogP contribution in [0.2, 0.25) is 0 Å². The minimum Gasteiger partial charge on any atom is -0.478 e. The number of rotatable bonds is 1. The first-order valence-electron chi connectivity index (χ1n) is 1.47. The number of carbonyl (C=O) groups is 1. The number of hydrogen-bond acceptors (Lipinski definition) is 1. The Kier molecular flexibility index (Phi) is 1.60. The van der Waals surface area contributed by atoms with Gasteiger partial charge in [0.15, 0.2) is 0 Å². The van der Waals surface area contributed by atoms with E-state index in [1.165, 1.54) is 0 Å². The average Bonchev–Trinajstić information content (AvgIpc) is 1.36. The van der Waals surface area contributed by atoms with Crippen LogP contribution < -0.4 is 0 Å². The second-order valence-electron chi connectivity index (χ2n) is 0.988. The molecule has 0 atom stereocenters. The Bertz CT molecular complexity index is 74.8. The Hall–Kier alpha value is -0.573. The van der Waals surface area contributed by atoms with Gasteiger partial charge in [-0.15, -0.1) is 0 Å². The van der Waals surface area contributed by atoms with E-state index in [9.17, 15) is 4.79 Å². The zero-order chi connectivity index (χ0) is 5.15. The monoisotopic (exact) mass is 101 g/mol. The first kappa shape index (κ1) is 5.43. The molecule has 0 saturated carbocycles. The van der Waals surface area contributed by atoms with Gasteiger partial charge in [0, 0.05) is 15.4 Å². The summed E-state index contributed by atoms with van der Waals surface area (Å²) in [5, 5.41) is 7.93. The van der Waals surface area contributed by atoms with Gasteiger partial charge in [-0.05, 0) is 0 Å². The van der Waals surface area contributed by atoms with Crippen LogP contribution in [-0.2, 0) is 4.79 Å². The summed E-state index contributed by atoms with van der Waals surface area (Å²) in [5.74, 6) is -0.985. The first-order chi connectivity index (χ1) is 2.64. The molecule has 0 rings (SSSR count). The Morgan fingerprint density at radius 1 is 1.83 bits per heavy atom. The molecule has 0 unspecified atom stereocenters. The van der Waals surface area contributed by atoms with E-state index in [-0.39, 0.29) is 5.20 Å². The van der Waals surface area contributed by atoms with Gasteiger partial charge in [0.2, 0.25) is 0 Å². The van der Waals surface area contributed by atoms with Crippen LogP contribution in [0.25, 0.3) is 0 Å². The highest BCUT2D eigenvalue weighted by atomic mass is 28.1. The van der Waals surface area contributed by atoms with Crippen molar-refractivity contribution in [1.82, 2.24) is 0 Å². The Morgan fingerprint density at radius 2 is 2.00 bits per heavy atom. The van der Waals surface area contributed by atoms with Gasteiger partial charge in [0.25, 0.3) is 0 Å². The maximum Gasteiger partial charge on any atom is 0.326 e. The quantitative estimate of drug-likeness (QED) is 0.331. The summed E-state index contributed by atoms with van der Waals surface area (Å²) in [6, 6.07) is 0. The summed E-state index contributed by atoms with van der Waals surface area (Å²) < 4.78 is 0. The van der Waals surface area contributed by atoms with Crippen molar-refractivity contribution in [3.63, 3.8) is 0 Å². The van der Waals surface area contributed by atoms with Gasteiger partial charge in [-0.2, -0.15) is 0 Å². The summed E-state index contributed by atoms with van der Waals surface area (Å²) in [7, 11) is 0.448. The standard InChI is InChI=1S/C3H5O2Si/c1-2(6)3(4)5/h1H,6H3,(H,4,5). The summed E-state index contributed by atoms with van der Waals surface area (Å²) >= 11 is 0. The molecular formula is C3H5O2Si. The van der Waals surface area contributed by atoms with E-state index in [0.717, 1.165) is 0 Å². The lowest BCUT2D eigenvalue weighted by atomic mass is 10.7. The van der Waals surface area contributed by atoms with E-state index in [1.54, 1.807) is 0 Å². The zero-order valence-corrected chi connectivity index (χ0v) is 5.43. The maximum atomic E-state index is 9.57. The fourth-order valence-electron chi connectivity index (χ4n) is 0. The molecule has 0 aliphatic carbocycles. The van der Waals surface area contributed by atoms with Gasteiger partial charge in [-0.3, -0.25) is 0 Å². The molecule has 0 aromatic carbocycles. The second-order valence-corrected chi connectivity index (χ2v) is 2.07. The summed E-state index contributed by atoms with van der Waals surface area (Å²) in [6.45, 7) is 4.81. The molecular weight excluding hydrogens is 96.1 g/mol. The van der Waals surface area contributed by atoms with Crippen LogP contribution in [0.4, 0.5) is 0 Å². The Balaban J connectivity index is 3.57. The lowest BCUT2D eigenvalue weighted by Crippen LogP contribution is -1.96. The zero-order valence-electron chi connectivity index (χ0n) is 3.43. The highest BCUT2D eigenvalue weighted by Gasteiger charge is 1.90. The fourth-order valence-corrected chi connectivity index (χ4v) is 0. The Labute approximate surface area is 38.9 Å². The third kappa shape index (κ3) is 1.72. The minimum atomic E-state index is -0.985. The van der Waals surface area contributed by atoms with Gasteiger partial charge in [-0.25, -0.2) is 4.79 Å². The summed E-state index contributed by atoms with van der Waals surface area (Å²) in [5.41, 5.74) is 0. The average molecular weight is 101 g/mol. The summed E-state index contributed by atoms with van der Waals surface area (Å²) in [6.07, 6.45) is 0. The smallest absolute Gasteiger partial charge is 0.326 e. The van der Waals surface area contributed by atoms with Crippen LogP contribution in [0.3, 0.4) is 0 Å². The van der Waals surface area contributed by atoms with E-state index in [0.29, 0.717) is 10.2 Å². The molecule has 1 radical (unpaired) electrons.